The van der Waals surface area contributed by atoms with E-state index in [0.717, 1.165) is 5.92 Å². The molecule has 3 heteroatoms. The van der Waals surface area contributed by atoms with E-state index in [1.165, 1.54) is 49.2 Å². The third-order valence-electron chi connectivity index (χ3n) is 4.95. The number of nitrogens with zero attached hydrogens (tertiary/aromatic N) is 1. The van der Waals surface area contributed by atoms with Crippen molar-refractivity contribution in [3.05, 3.63) is 15.6 Å². The summed E-state index contributed by atoms with van der Waals surface area (Å²) in [6.07, 6.45) is 7.54. The number of fused-ring (bicyclic) bond motifs is 1. The Morgan fingerprint density at radius 2 is 2.00 bits per heavy atom. The molecule has 1 aromatic heterocycles. The maximum absolute atomic E-state index is 5.10. The van der Waals surface area contributed by atoms with Gasteiger partial charge in [-0.1, -0.05) is 20.8 Å². The molecule has 3 rings (SSSR count). The lowest BCUT2D eigenvalue weighted by Crippen LogP contribution is -2.52. The van der Waals surface area contributed by atoms with Crippen molar-refractivity contribution in [3.63, 3.8) is 0 Å². The topological polar surface area (TPSA) is 24.9 Å². The fourth-order valence-electron chi connectivity index (χ4n) is 4.85. The first-order valence-electron chi connectivity index (χ1n) is 8.56. The molecule has 0 aromatic carbocycles. The number of thiazole rings is 1. The number of aryl methyl sites for hydroxylation is 2. The second-order valence-electron chi connectivity index (χ2n) is 8.48. The zero-order valence-electron chi connectivity index (χ0n) is 14.3. The summed E-state index contributed by atoms with van der Waals surface area (Å²) >= 11 is 2.00. The minimum absolute atomic E-state index is 0.102. The Hall–Kier alpha value is -0.410. The Morgan fingerprint density at radius 3 is 2.62 bits per heavy atom. The van der Waals surface area contributed by atoms with Crippen LogP contribution in [0.4, 0.5) is 0 Å². The summed E-state index contributed by atoms with van der Waals surface area (Å²) in [6, 6.07) is 0.504. The van der Waals surface area contributed by atoms with Crippen LogP contribution in [0.25, 0.3) is 0 Å². The molecule has 0 bridgehead atoms. The highest BCUT2D eigenvalue weighted by atomic mass is 32.1. The second kappa shape index (κ2) is 5.34. The fraction of sp³-hybridized carbons (Fsp3) is 0.833. The summed E-state index contributed by atoms with van der Waals surface area (Å²) in [6.45, 7) is 11.8. The highest BCUT2D eigenvalue weighted by molar-refractivity contribution is 7.12. The second-order valence-corrected chi connectivity index (χ2v) is 9.56. The van der Waals surface area contributed by atoms with Gasteiger partial charge < -0.3 is 5.32 Å². The van der Waals surface area contributed by atoms with Crippen molar-refractivity contribution in [2.24, 2.45) is 11.3 Å². The minimum Gasteiger partial charge on any atom is -0.303 e. The third kappa shape index (κ3) is 3.05. The van der Waals surface area contributed by atoms with Gasteiger partial charge in [0.1, 0.15) is 5.01 Å². The van der Waals surface area contributed by atoms with Gasteiger partial charge in [-0.05, 0) is 63.7 Å². The van der Waals surface area contributed by atoms with Crippen LogP contribution in [0.5, 0.6) is 0 Å². The molecule has 1 aromatic rings. The van der Waals surface area contributed by atoms with Crippen LogP contribution in [0.3, 0.4) is 0 Å². The van der Waals surface area contributed by atoms with Crippen LogP contribution in [0.15, 0.2) is 0 Å². The van der Waals surface area contributed by atoms with E-state index in [9.17, 15) is 0 Å². The van der Waals surface area contributed by atoms with E-state index in [0.29, 0.717) is 11.5 Å². The molecule has 0 aliphatic heterocycles. The molecule has 2 aliphatic carbocycles. The zero-order valence-corrected chi connectivity index (χ0v) is 15.1. The predicted molar refractivity (Wildman–Crippen MR) is 90.9 cm³/mol. The molecule has 1 heterocycles. The van der Waals surface area contributed by atoms with Gasteiger partial charge in [-0.3, -0.25) is 0 Å². The normalized spacial score (nSPS) is 31.6. The molecular formula is C18H30N2S. The summed E-state index contributed by atoms with van der Waals surface area (Å²) in [7, 11) is 0. The van der Waals surface area contributed by atoms with E-state index in [-0.39, 0.29) is 5.54 Å². The van der Waals surface area contributed by atoms with Gasteiger partial charge in [-0.25, -0.2) is 4.98 Å². The third-order valence-corrected chi connectivity index (χ3v) is 6.31. The summed E-state index contributed by atoms with van der Waals surface area (Å²) < 4.78 is 0. The zero-order chi connectivity index (χ0) is 15.3. The van der Waals surface area contributed by atoms with E-state index in [4.69, 9.17) is 4.98 Å². The molecule has 2 nitrogen and oxygen atoms in total. The average molecular weight is 307 g/mol. The van der Waals surface area contributed by atoms with Gasteiger partial charge in [0.25, 0.3) is 0 Å². The van der Waals surface area contributed by atoms with Gasteiger partial charge in [0, 0.05) is 10.9 Å². The molecular weight excluding hydrogens is 276 g/mol. The van der Waals surface area contributed by atoms with Gasteiger partial charge >= 0.3 is 0 Å². The summed E-state index contributed by atoms with van der Waals surface area (Å²) in [5.74, 6) is 0.763. The quantitative estimate of drug-likeness (QED) is 0.877. The van der Waals surface area contributed by atoms with Crippen molar-refractivity contribution in [2.45, 2.75) is 84.7 Å². The van der Waals surface area contributed by atoms with Gasteiger partial charge in [0.05, 0.1) is 11.2 Å². The maximum atomic E-state index is 5.10. The molecule has 2 atom stereocenters. The van der Waals surface area contributed by atoms with Crippen LogP contribution in [-0.4, -0.2) is 11.0 Å². The van der Waals surface area contributed by atoms with Crippen LogP contribution in [0, 0.1) is 11.3 Å². The number of hydrogen-bond acceptors (Lipinski definition) is 3. The molecule has 0 radical (unpaired) electrons. The molecule has 0 spiro atoms. The fourth-order valence-corrected chi connectivity index (χ4v) is 6.16. The van der Waals surface area contributed by atoms with Crippen molar-refractivity contribution >= 4 is 11.3 Å². The van der Waals surface area contributed by atoms with Crippen molar-refractivity contribution in [3.8, 4) is 0 Å². The highest BCUT2D eigenvalue weighted by Crippen LogP contribution is 2.50. The minimum atomic E-state index is 0.102. The Kier molecular flexibility index (Phi) is 3.94. The smallest absolute Gasteiger partial charge is 0.113 e. The standard InChI is InChI=1S/C18H30N2S/c1-12(2)20-18(10-13(3)9-17(4,5)11-18)16-19-14-7-6-8-15(14)21-16/h12-13,20H,6-11H2,1-5H3. The Morgan fingerprint density at radius 1 is 1.24 bits per heavy atom. The van der Waals surface area contributed by atoms with Crippen LogP contribution >= 0.6 is 11.3 Å². The van der Waals surface area contributed by atoms with Crippen molar-refractivity contribution in [1.29, 1.82) is 0 Å². The van der Waals surface area contributed by atoms with Crippen molar-refractivity contribution in [2.75, 3.05) is 0 Å². The van der Waals surface area contributed by atoms with Crippen LogP contribution in [-0.2, 0) is 18.4 Å². The molecule has 2 aliphatic rings. The Balaban J connectivity index is 1.99. The van der Waals surface area contributed by atoms with E-state index in [2.05, 4.69) is 39.9 Å². The van der Waals surface area contributed by atoms with Crippen LogP contribution in [0.1, 0.15) is 75.9 Å². The molecule has 1 saturated carbocycles. The van der Waals surface area contributed by atoms with E-state index >= 15 is 0 Å². The van der Waals surface area contributed by atoms with Gasteiger partial charge in [-0.15, -0.1) is 11.3 Å². The SMILES string of the molecule is CC1CC(C)(C)CC(NC(C)C)(c2nc3c(s2)CCC3)C1. The first kappa shape index (κ1) is 15.5. The largest absolute Gasteiger partial charge is 0.303 e. The van der Waals surface area contributed by atoms with Crippen molar-refractivity contribution in [1.82, 2.24) is 10.3 Å². The number of aromatic nitrogens is 1. The van der Waals surface area contributed by atoms with Crippen LogP contribution < -0.4 is 5.32 Å². The highest BCUT2D eigenvalue weighted by Gasteiger charge is 2.46. The lowest BCUT2D eigenvalue weighted by molar-refractivity contribution is 0.0731. The summed E-state index contributed by atoms with van der Waals surface area (Å²) in [4.78, 5) is 6.66. The summed E-state index contributed by atoms with van der Waals surface area (Å²) in [5, 5.41) is 5.31. The number of rotatable bonds is 3. The molecule has 118 valence electrons. The van der Waals surface area contributed by atoms with Gasteiger partial charge in [-0.2, -0.15) is 0 Å². The molecule has 21 heavy (non-hydrogen) atoms. The maximum Gasteiger partial charge on any atom is 0.113 e. The lowest BCUT2D eigenvalue weighted by Gasteiger charge is -2.48. The first-order valence-corrected chi connectivity index (χ1v) is 9.38. The molecule has 1 fully saturated rings. The molecule has 2 unspecified atom stereocenters. The van der Waals surface area contributed by atoms with Gasteiger partial charge in [0.2, 0.25) is 0 Å². The molecule has 1 N–H and O–H groups in total. The van der Waals surface area contributed by atoms with Crippen molar-refractivity contribution < 1.29 is 0 Å². The Labute approximate surface area is 133 Å². The number of nitrogens with one attached hydrogen (secondary N) is 1. The van der Waals surface area contributed by atoms with E-state index in [1.807, 2.05) is 11.3 Å². The van der Waals surface area contributed by atoms with E-state index < -0.39 is 0 Å². The Bertz CT molecular complexity index is 492. The molecule has 0 saturated heterocycles. The predicted octanol–water partition coefficient (Wildman–Crippen LogP) is 4.67. The number of hydrogen-bond donors (Lipinski definition) is 1. The monoisotopic (exact) mass is 306 g/mol. The lowest BCUT2D eigenvalue weighted by atomic mass is 9.64. The average Bonchev–Trinajstić information content (AvgIpc) is 2.83. The molecule has 0 amide bonds. The first-order chi connectivity index (χ1) is 9.80. The van der Waals surface area contributed by atoms with E-state index in [1.54, 1.807) is 4.88 Å². The van der Waals surface area contributed by atoms with Gasteiger partial charge in [0.15, 0.2) is 0 Å². The van der Waals surface area contributed by atoms with Crippen LogP contribution in [0.2, 0.25) is 0 Å². The summed E-state index contributed by atoms with van der Waals surface area (Å²) in [5.41, 5.74) is 1.90.